The standard InChI is InChI=1S/C21H26N2O3/c24-18-10-8-17(9-11-18)20(25)23-19(21(26)13-4-14-22-15-21)12-7-16-5-2-1-3-6-16/h1-3,5-6,8-11,19,22,24,26H,4,7,12-15H2,(H,23,25). The van der Waals surface area contributed by atoms with Gasteiger partial charge in [0.2, 0.25) is 0 Å². The average molecular weight is 354 g/mol. The van der Waals surface area contributed by atoms with Crippen LogP contribution in [0.1, 0.15) is 35.2 Å². The van der Waals surface area contributed by atoms with E-state index in [1.165, 1.54) is 17.7 Å². The zero-order valence-corrected chi connectivity index (χ0v) is 14.8. The van der Waals surface area contributed by atoms with E-state index in [4.69, 9.17) is 0 Å². The highest BCUT2D eigenvalue weighted by Gasteiger charge is 2.38. The van der Waals surface area contributed by atoms with E-state index in [-0.39, 0.29) is 17.7 Å². The summed E-state index contributed by atoms with van der Waals surface area (Å²) in [6, 6.07) is 15.9. The van der Waals surface area contributed by atoms with Crippen molar-refractivity contribution >= 4 is 5.91 Å². The predicted molar refractivity (Wildman–Crippen MR) is 101 cm³/mol. The molecule has 2 aromatic rings. The quantitative estimate of drug-likeness (QED) is 0.641. The van der Waals surface area contributed by atoms with E-state index in [1.54, 1.807) is 12.1 Å². The Morgan fingerprint density at radius 3 is 2.54 bits per heavy atom. The summed E-state index contributed by atoms with van der Waals surface area (Å²) in [5.41, 5.74) is 0.697. The van der Waals surface area contributed by atoms with E-state index in [0.717, 1.165) is 19.4 Å². The second kappa shape index (κ2) is 8.34. The maximum absolute atomic E-state index is 12.6. The fourth-order valence-electron chi connectivity index (χ4n) is 3.50. The van der Waals surface area contributed by atoms with Gasteiger partial charge in [-0.2, -0.15) is 0 Å². The summed E-state index contributed by atoms with van der Waals surface area (Å²) in [6.07, 6.45) is 2.98. The van der Waals surface area contributed by atoms with Crippen molar-refractivity contribution < 1.29 is 15.0 Å². The summed E-state index contributed by atoms with van der Waals surface area (Å²) in [4.78, 5) is 12.6. The zero-order chi connectivity index (χ0) is 18.4. The van der Waals surface area contributed by atoms with Gasteiger partial charge in [0.25, 0.3) is 5.91 Å². The number of aromatic hydroxyl groups is 1. The topological polar surface area (TPSA) is 81.6 Å². The van der Waals surface area contributed by atoms with Crippen LogP contribution in [0.3, 0.4) is 0 Å². The fourth-order valence-corrected chi connectivity index (χ4v) is 3.50. The SMILES string of the molecule is O=C(NC(CCc1ccccc1)C1(O)CCCNC1)c1ccc(O)cc1. The average Bonchev–Trinajstić information content (AvgIpc) is 2.67. The molecular formula is C21H26N2O3. The number of piperidine rings is 1. The Hall–Kier alpha value is -2.37. The maximum Gasteiger partial charge on any atom is 0.251 e. The number of amides is 1. The van der Waals surface area contributed by atoms with Crippen LogP contribution in [-0.4, -0.2) is 40.9 Å². The molecule has 2 aromatic carbocycles. The Morgan fingerprint density at radius 1 is 1.15 bits per heavy atom. The van der Waals surface area contributed by atoms with Gasteiger partial charge in [0.1, 0.15) is 5.75 Å². The van der Waals surface area contributed by atoms with Crippen LogP contribution in [0.15, 0.2) is 54.6 Å². The van der Waals surface area contributed by atoms with Crippen LogP contribution in [0.25, 0.3) is 0 Å². The van der Waals surface area contributed by atoms with Crippen LogP contribution in [0.2, 0.25) is 0 Å². The van der Waals surface area contributed by atoms with Crippen LogP contribution in [-0.2, 0) is 6.42 Å². The van der Waals surface area contributed by atoms with E-state index < -0.39 is 5.60 Å². The Labute approximate surface area is 154 Å². The molecule has 4 N–H and O–H groups in total. The molecule has 1 aliphatic rings. The smallest absolute Gasteiger partial charge is 0.251 e. The number of hydrogen-bond acceptors (Lipinski definition) is 4. The minimum atomic E-state index is -0.959. The van der Waals surface area contributed by atoms with Crippen molar-refractivity contribution in [2.24, 2.45) is 0 Å². The van der Waals surface area contributed by atoms with Gasteiger partial charge in [0.05, 0.1) is 11.6 Å². The number of carbonyl (C=O) groups excluding carboxylic acids is 1. The molecular weight excluding hydrogens is 328 g/mol. The molecule has 26 heavy (non-hydrogen) atoms. The first-order chi connectivity index (χ1) is 12.6. The van der Waals surface area contributed by atoms with Crippen LogP contribution < -0.4 is 10.6 Å². The molecule has 1 heterocycles. The molecule has 2 unspecified atom stereocenters. The molecule has 0 radical (unpaired) electrons. The number of aliphatic hydroxyl groups is 1. The maximum atomic E-state index is 12.6. The number of benzene rings is 2. The van der Waals surface area contributed by atoms with E-state index in [2.05, 4.69) is 22.8 Å². The van der Waals surface area contributed by atoms with Crippen LogP contribution in [0, 0.1) is 0 Å². The summed E-state index contributed by atoms with van der Waals surface area (Å²) in [6.45, 7) is 1.36. The lowest BCUT2D eigenvalue weighted by Gasteiger charge is -2.40. The Morgan fingerprint density at radius 2 is 1.88 bits per heavy atom. The number of nitrogens with one attached hydrogen (secondary N) is 2. The third-order valence-corrected chi connectivity index (χ3v) is 5.04. The monoisotopic (exact) mass is 354 g/mol. The van der Waals surface area contributed by atoms with Gasteiger partial charge in [0, 0.05) is 12.1 Å². The fraction of sp³-hybridized carbons (Fsp3) is 0.381. The minimum Gasteiger partial charge on any atom is -0.508 e. The van der Waals surface area contributed by atoms with Crippen molar-refractivity contribution in [1.29, 1.82) is 0 Å². The second-order valence-corrected chi connectivity index (χ2v) is 6.98. The lowest BCUT2D eigenvalue weighted by Crippen LogP contribution is -2.60. The van der Waals surface area contributed by atoms with Gasteiger partial charge >= 0.3 is 0 Å². The van der Waals surface area contributed by atoms with Gasteiger partial charge in [-0.3, -0.25) is 4.79 Å². The van der Waals surface area contributed by atoms with Crippen molar-refractivity contribution in [3.8, 4) is 5.75 Å². The summed E-state index contributed by atoms with van der Waals surface area (Å²) in [7, 11) is 0. The first-order valence-corrected chi connectivity index (χ1v) is 9.14. The van der Waals surface area contributed by atoms with Gasteiger partial charge in [0.15, 0.2) is 0 Å². The molecule has 1 amide bonds. The van der Waals surface area contributed by atoms with Crippen molar-refractivity contribution in [2.45, 2.75) is 37.3 Å². The molecule has 5 nitrogen and oxygen atoms in total. The second-order valence-electron chi connectivity index (χ2n) is 6.98. The molecule has 0 aromatic heterocycles. The highest BCUT2D eigenvalue weighted by Crippen LogP contribution is 2.24. The lowest BCUT2D eigenvalue weighted by molar-refractivity contribution is -0.0196. The lowest BCUT2D eigenvalue weighted by atomic mass is 9.83. The Kier molecular flexibility index (Phi) is 5.91. The number of carbonyl (C=O) groups is 1. The summed E-state index contributed by atoms with van der Waals surface area (Å²) in [5, 5.41) is 26.8. The highest BCUT2D eigenvalue weighted by atomic mass is 16.3. The molecule has 1 fully saturated rings. The third-order valence-electron chi connectivity index (χ3n) is 5.04. The van der Waals surface area contributed by atoms with Crippen molar-refractivity contribution in [2.75, 3.05) is 13.1 Å². The molecule has 0 aliphatic carbocycles. The molecule has 1 aliphatic heterocycles. The molecule has 5 heteroatoms. The predicted octanol–water partition coefficient (Wildman–Crippen LogP) is 2.24. The van der Waals surface area contributed by atoms with E-state index in [1.807, 2.05) is 18.2 Å². The van der Waals surface area contributed by atoms with Gasteiger partial charge in [-0.25, -0.2) is 0 Å². The molecule has 3 rings (SSSR count). The van der Waals surface area contributed by atoms with E-state index in [0.29, 0.717) is 24.9 Å². The summed E-state index contributed by atoms with van der Waals surface area (Å²) in [5.74, 6) is -0.112. The molecule has 0 saturated carbocycles. The number of hydrogen-bond donors (Lipinski definition) is 4. The zero-order valence-electron chi connectivity index (χ0n) is 14.8. The number of aryl methyl sites for hydroxylation is 1. The van der Waals surface area contributed by atoms with Crippen molar-refractivity contribution in [1.82, 2.24) is 10.6 Å². The van der Waals surface area contributed by atoms with Crippen molar-refractivity contribution in [3.05, 3.63) is 65.7 Å². The van der Waals surface area contributed by atoms with Crippen LogP contribution in [0.4, 0.5) is 0 Å². The Bertz CT molecular complexity index is 710. The summed E-state index contributed by atoms with van der Waals surface area (Å²) >= 11 is 0. The summed E-state index contributed by atoms with van der Waals surface area (Å²) < 4.78 is 0. The van der Waals surface area contributed by atoms with Crippen molar-refractivity contribution in [3.63, 3.8) is 0 Å². The van der Waals surface area contributed by atoms with Crippen LogP contribution in [0.5, 0.6) is 5.75 Å². The normalized spacial score (nSPS) is 21.1. The first kappa shape index (κ1) is 18.4. The number of rotatable bonds is 6. The van der Waals surface area contributed by atoms with Gasteiger partial charge in [-0.1, -0.05) is 30.3 Å². The highest BCUT2D eigenvalue weighted by molar-refractivity contribution is 5.94. The van der Waals surface area contributed by atoms with Gasteiger partial charge in [-0.15, -0.1) is 0 Å². The molecule has 0 bridgehead atoms. The number of phenols is 1. The largest absolute Gasteiger partial charge is 0.508 e. The van der Waals surface area contributed by atoms with Gasteiger partial charge in [-0.05, 0) is 62.1 Å². The molecule has 138 valence electrons. The number of phenolic OH excluding ortho intramolecular Hbond substituents is 1. The first-order valence-electron chi connectivity index (χ1n) is 9.14. The molecule has 2 atom stereocenters. The Balaban J connectivity index is 1.73. The minimum absolute atomic E-state index is 0.122. The van der Waals surface area contributed by atoms with Crippen LogP contribution >= 0.6 is 0 Å². The van der Waals surface area contributed by atoms with E-state index in [9.17, 15) is 15.0 Å². The molecule has 0 spiro atoms. The molecule has 1 saturated heterocycles. The van der Waals surface area contributed by atoms with Gasteiger partial charge < -0.3 is 20.8 Å². The van der Waals surface area contributed by atoms with E-state index >= 15 is 0 Å². The number of β-amino-alcohol motifs (C(OH)–C–C–N with tert-alkyl or cyclic N) is 1. The third kappa shape index (κ3) is 4.62.